The third-order valence-electron chi connectivity index (χ3n) is 5.29. The lowest BCUT2D eigenvalue weighted by Crippen LogP contribution is -2.28. The molecule has 1 N–H and O–H groups in total. The van der Waals surface area contributed by atoms with Gasteiger partial charge in [0.15, 0.2) is 0 Å². The molecular formula is C21H24N4O2. The first-order chi connectivity index (χ1) is 13.1. The number of carbonyl (C=O) groups excluding carboxylic acids is 2. The molecule has 2 aromatic rings. The van der Waals surface area contributed by atoms with Crippen molar-refractivity contribution < 1.29 is 9.59 Å². The molecular weight excluding hydrogens is 340 g/mol. The summed E-state index contributed by atoms with van der Waals surface area (Å²) in [4.78, 5) is 33.2. The molecule has 6 nitrogen and oxygen atoms in total. The van der Waals surface area contributed by atoms with Gasteiger partial charge in [0, 0.05) is 43.6 Å². The number of anilines is 3. The van der Waals surface area contributed by atoms with Crippen LogP contribution in [0.4, 0.5) is 17.2 Å². The topological polar surface area (TPSA) is 65.5 Å². The highest BCUT2D eigenvalue weighted by Gasteiger charge is 2.35. The fraction of sp³-hybridized carbons (Fsp3) is 0.381. The molecule has 6 heteroatoms. The molecule has 1 unspecified atom stereocenters. The number of benzene rings is 1. The molecule has 0 bridgehead atoms. The first-order valence-electron chi connectivity index (χ1n) is 9.49. The SMILES string of the molecule is Cc1ccc(NC(=O)C2CC(=O)N(c3ccc(N4CCCC4)cc3)C2)nc1. The van der Waals surface area contributed by atoms with Crippen molar-refractivity contribution in [3.8, 4) is 0 Å². The minimum atomic E-state index is -0.362. The largest absolute Gasteiger partial charge is 0.372 e. The Morgan fingerprint density at radius 2 is 1.78 bits per heavy atom. The standard InChI is InChI=1S/C21H24N4O2/c1-15-4-9-19(22-13-15)23-21(27)16-12-20(26)25(14-16)18-7-5-17(6-8-18)24-10-2-3-11-24/h4-9,13,16H,2-3,10-12,14H2,1H3,(H,22,23,27). The average molecular weight is 364 g/mol. The second kappa shape index (κ2) is 7.39. The van der Waals surface area contributed by atoms with E-state index in [9.17, 15) is 9.59 Å². The number of aryl methyl sites for hydroxylation is 1. The summed E-state index contributed by atoms with van der Waals surface area (Å²) < 4.78 is 0. The summed E-state index contributed by atoms with van der Waals surface area (Å²) in [6.45, 7) is 4.54. The van der Waals surface area contributed by atoms with Crippen LogP contribution in [0.2, 0.25) is 0 Å². The summed E-state index contributed by atoms with van der Waals surface area (Å²) in [7, 11) is 0. The summed E-state index contributed by atoms with van der Waals surface area (Å²) in [6.07, 6.45) is 4.41. The van der Waals surface area contributed by atoms with Gasteiger partial charge in [-0.15, -0.1) is 0 Å². The Bertz CT molecular complexity index is 826. The van der Waals surface area contributed by atoms with Gasteiger partial charge in [-0.1, -0.05) is 6.07 Å². The zero-order valence-corrected chi connectivity index (χ0v) is 15.5. The Morgan fingerprint density at radius 3 is 2.44 bits per heavy atom. The minimum absolute atomic E-state index is 0.0130. The van der Waals surface area contributed by atoms with E-state index in [0.29, 0.717) is 12.4 Å². The lowest BCUT2D eigenvalue weighted by Gasteiger charge is -2.20. The molecule has 0 aliphatic carbocycles. The van der Waals surface area contributed by atoms with Gasteiger partial charge in [-0.05, 0) is 55.7 Å². The molecule has 1 aromatic carbocycles. The minimum Gasteiger partial charge on any atom is -0.372 e. The lowest BCUT2D eigenvalue weighted by molar-refractivity contribution is -0.122. The highest BCUT2D eigenvalue weighted by molar-refractivity contribution is 6.03. The number of amides is 2. The molecule has 27 heavy (non-hydrogen) atoms. The molecule has 0 spiro atoms. The summed E-state index contributed by atoms with van der Waals surface area (Å²) in [5.41, 5.74) is 3.09. The van der Waals surface area contributed by atoms with E-state index < -0.39 is 0 Å². The van der Waals surface area contributed by atoms with E-state index in [1.165, 1.54) is 18.5 Å². The van der Waals surface area contributed by atoms with Crippen LogP contribution in [-0.4, -0.2) is 36.4 Å². The fourth-order valence-corrected chi connectivity index (χ4v) is 3.72. The predicted molar refractivity (Wildman–Crippen MR) is 106 cm³/mol. The second-order valence-corrected chi connectivity index (χ2v) is 7.33. The maximum absolute atomic E-state index is 12.5. The van der Waals surface area contributed by atoms with Gasteiger partial charge in [0.05, 0.1) is 5.92 Å². The molecule has 0 radical (unpaired) electrons. The summed E-state index contributed by atoms with van der Waals surface area (Å²) in [6, 6.07) is 11.8. The van der Waals surface area contributed by atoms with Crippen molar-refractivity contribution in [2.24, 2.45) is 5.92 Å². The van der Waals surface area contributed by atoms with Gasteiger partial charge in [0.1, 0.15) is 5.82 Å². The number of nitrogens with zero attached hydrogens (tertiary/aromatic N) is 3. The van der Waals surface area contributed by atoms with Gasteiger partial charge in [0.2, 0.25) is 11.8 Å². The molecule has 2 aliphatic heterocycles. The third kappa shape index (κ3) is 3.79. The van der Waals surface area contributed by atoms with Crippen LogP contribution in [0.1, 0.15) is 24.8 Å². The van der Waals surface area contributed by atoms with Crippen molar-refractivity contribution >= 4 is 29.0 Å². The van der Waals surface area contributed by atoms with Gasteiger partial charge in [-0.2, -0.15) is 0 Å². The van der Waals surface area contributed by atoms with Crippen molar-refractivity contribution in [3.05, 3.63) is 48.2 Å². The fourth-order valence-electron chi connectivity index (χ4n) is 3.72. The number of pyridine rings is 1. The smallest absolute Gasteiger partial charge is 0.230 e. The molecule has 3 heterocycles. The van der Waals surface area contributed by atoms with E-state index in [0.717, 1.165) is 24.3 Å². The molecule has 140 valence electrons. The van der Waals surface area contributed by atoms with Gasteiger partial charge >= 0.3 is 0 Å². The van der Waals surface area contributed by atoms with Crippen LogP contribution in [-0.2, 0) is 9.59 Å². The second-order valence-electron chi connectivity index (χ2n) is 7.33. The van der Waals surface area contributed by atoms with Crippen molar-refractivity contribution in [3.63, 3.8) is 0 Å². The number of carbonyl (C=O) groups is 2. The summed E-state index contributed by atoms with van der Waals surface area (Å²) in [5.74, 6) is -0.0119. The van der Waals surface area contributed by atoms with Crippen LogP contribution in [0.25, 0.3) is 0 Å². The van der Waals surface area contributed by atoms with Crippen LogP contribution in [0, 0.1) is 12.8 Å². The number of hydrogen-bond donors (Lipinski definition) is 1. The van der Waals surface area contributed by atoms with Gasteiger partial charge in [-0.3, -0.25) is 9.59 Å². The lowest BCUT2D eigenvalue weighted by atomic mass is 10.1. The number of aromatic nitrogens is 1. The maximum Gasteiger partial charge on any atom is 0.230 e. The van der Waals surface area contributed by atoms with Crippen molar-refractivity contribution in [2.75, 3.05) is 34.8 Å². The quantitative estimate of drug-likeness (QED) is 0.906. The van der Waals surface area contributed by atoms with Crippen molar-refractivity contribution in [2.45, 2.75) is 26.2 Å². The van der Waals surface area contributed by atoms with Crippen LogP contribution in [0.3, 0.4) is 0 Å². The van der Waals surface area contributed by atoms with Gasteiger partial charge < -0.3 is 15.1 Å². The highest BCUT2D eigenvalue weighted by atomic mass is 16.2. The van der Waals surface area contributed by atoms with E-state index in [1.54, 1.807) is 17.2 Å². The van der Waals surface area contributed by atoms with E-state index in [-0.39, 0.29) is 24.2 Å². The Morgan fingerprint density at radius 1 is 1.07 bits per heavy atom. The summed E-state index contributed by atoms with van der Waals surface area (Å²) in [5, 5.41) is 2.81. The zero-order valence-electron chi connectivity index (χ0n) is 15.5. The molecule has 0 saturated carbocycles. The van der Waals surface area contributed by atoms with Crippen molar-refractivity contribution in [1.82, 2.24) is 4.98 Å². The van der Waals surface area contributed by atoms with E-state index >= 15 is 0 Å². The average Bonchev–Trinajstić information content (AvgIpc) is 3.34. The molecule has 1 aromatic heterocycles. The van der Waals surface area contributed by atoms with E-state index in [1.807, 2.05) is 25.1 Å². The molecule has 2 saturated heterocycles. The Balaban J connectivity index is 1.40. The summed E-state index contributed by atoms with van der Waals surface area (Å²) >= 11 is 0. The molecule has 2 amide bonds. The Hall–Kier alpha value is -2.89. The van der Waals surface area contributed by atoms with Crippen molar-refractivity contribution in [1.29, 1.82) is 0 Å². The Labute approximate surface area is 159 Å². The predicted octanol–water partition coefficient (Wildman–Crippen LogP) is 2.98. The zero-order chi connectivity index (χ0) is 18.8. The molecule has 2 fully saturated rings. The van der Waals surface area contributed by atoms with Gasteiger partial charge in [0.25, 0.3) is 0 Å². The maximum atomic E-state index is 12.5. The first kappa shape index (κ1) is 17.5. The Kier molecular flexibility index (Phi) is 4.79. The molecule has 2 aliphatic rings. The monoisotopic (exact) mass is 364 g/mol. The molecule has 4 rings (SSSR count). The van der Waals surface area contributed by atoms with E-state index in [2.05, 4.69) is 27.3 Å². The van der Waals surface area contributed by atoms with Crippen LogP contribution < -0.4 is 15.1 Å². The number of nitrogens with one attached hydrogen (secondary N) is 1. The number of hydrogen-bond acceptors (Lipinski definition) is 4. The van der Waals surface area contributed by atoms with E-state index in [4.69, 9.17) is 0 Å². The third-order valence-corrected chi connectivity index (χ3v) is 5.29. The van der Waals surface area contributed by atoms with Gasteiger partial charge in [-0.25, -0.2) is 4.98 Å². The number of rotatable bonds is 4. The van der Waals surface area contributed by atoms with Crippen LogP contribution >= 0.6 is 0 Å². The molecule has 1 atom stereocenters. The highest BCUT2D eigenvalue weighted by Crippen LogP contribution is 2.29. The first-order valence-corrected chi connectivity index (χ1v) is 9.49. The van der Waals surface area contributed by atoms with Crippen LogP contribution in [0.5, 0.6) is 0 Å². The van der Waals surface area contributed by atoms with Crippen LogP contribution in [0.15, 0.2) is 42.6 Å². The normalized spacial score (nSPS) is 19.6.